The minimum Gasteiger partial charge on any atom is -0.508 e. The number of fused-ring (bicyclic) bond motifs is 2. The van der Waals surface area contributed by atoms with Gasteiger partial charge in [0.15, 0.2) is 0 Å². The Hall–Kier alpha value is -5.05. The molecule has 9 heteroatoms. The molecular formula is C29H21FN6O2. The maximum atomic E-state index is 14.0. The number of amides is 1. The summed E-state index contributed by atoms with van der Waals surface area (Å²) >= 11 is 0. The summed E-state index contributed by atoms with van der Waals surface area (Å²) in [5.74, 6) is -0.505. The summed E-state index contributed by atoms with van der Waals surface area (Å²) in [7, 11) is 0. The van der Waals surface area contributed by atoms with Crippen molar-refractivity contribution in [2.24, 2.45) is 5.92 Å². The number of nitrogens with zero attached hydrogens (tertiary/aromatic N) is 3. The van der Waals surface area contributed by atoms with E-state index in [1.54, 1.807) is 24.7 Å². The molecule has 1 aliphatic rings. The third kappa shape index (κ3) is 3.94. The molecule has 0 atom stereocenters. The molecule has 1 amide bonds. The molecule has 0 spiro atoms. The van der Waals surface area contributed by atoms with Crippen LogP contribution in [-0.2, 0) is 4.79 Å². The lowest BCUT2D eigenvalue weighted by molar-refractivity contribution is -0.117. The molecule has 6 aromatic rings. The highest BCUT2D eigenvalue weighted by molar-refractivity contribution is 6.01. The number of H-pyrrole nitrogens is 2. The lowest BCUT2D eigenvalue weighted by atomic mass is 10.0. The van der Waals surface area contributed by atoms with Gasteiger partial charge >= 0.3 is 0 Å². The SMILES string of the molecule is O=C(Nc1cncc(-c2cc3c(-c4cc5c(-c6cc(O)cc(F)c6)cccc5[nH]4)n[nH]c3cn2)c1)C1CC1. The Morgan fingerprint density at radius 1 is 0.974 bits per heavy atom. The molecule has 0 unspecified atom stereocenters. The molecule has 1 saturated carbocycles. The van der Waals surface area contributed by atoms with Gasteiger partial charge in [-0.3, -0.25) is 19.9 Å². The van der Waals surface area contributed by atoms with Crippen LogP contribution in [0.5, 0.6) is 5.75 Å². The third-order valence-corrected chi connectivity index (χ3v) is 6.81. The molecule has 4 heterocycles. The van der Waals surface area contributed by atoms with Crippen LogP contribution in [0, 0.1) is 11.7 Å². The number of phenols is 1. The van der Waals surface area contributed by atoms with E-state index >= 15 is 0 Å². The number of hydrogen-bond donors (Lipinski definition) is 4. The molecule has 1 fully saturated rings. The van der Waals surface area contributed by atoms with Crippen LogP contribution in [0.25, 0.3) is 55.6 Å². The number of aromatic nitrogens is 5. The van der Waals surface area contributed by atoms with Gasteiger partial charge in [-0.25, -0.2) is 4.39 Å². The number of phenolic OH excluding ortho intramolecular Hbond substituents is 1. The molecule has 2 aromatic carbocycles. The van der Waals surface area contributed by atoms with E-state index in [2.05, 4.69) is 30.5 Å². The van der Waals surface area contributed by atoms with Crippen molar-refractivity contribution < 1.29 is 14.3 Å². The van der Waals surface area contributed by atoms with Crippen molar-refractivity contribution in [2.45, 2.75) is 12.8 Å². The summed E-state index contributed by atoms with van der Waals surface area (Å²) in [4.78, 5) is 24.5. The van der Waals surface area contributed by atoms with Crippen molar-refractivity contribution in [3.8, 4) is 39.5 Å². The summed E-state index contributed by atoms with van der Waals surface area (Å²) in [6, 6.07) is 15.5. The van der Waals surface area contributed by atoms with Gasteiger partial charge in [0, 0.05) is 40.0 Å². The molecule has 0 bridgehead atoms. The van der Waals surface area contributed by atoms with Crippen molar-refractivity contribution in [1.82, 2.24) is 25.1 Å². The van der Waals surface area contributed by atoms with E-state index in [1.807, 2.05) is 36.4 Å². The topological polar surface area (TPSA) is 120 Å². The Morgan fingerprint density at radius 3 is 2.71 bits per heavy atom. The number of rotatable bonds is 5. The van der Waals surface area contributed by atoms with E-state index in [1.165, 1.54) is 6.07 Å². The fourth-order valence-corrected chi connectivity index (χ4v) is 4.78. The number of halogens is 1. The zero-order valence-corrected chi connectivity index (χ0v) is 20.0. The third-order valence-electron chi connectivity index (χ3n) is 6.81. The average molecular weight is 505 g/mol. The van der Waals surface area contributed by atoms with Crippen molar-refractivity contribution in [1.29, 1.82) is 0 Å². The maximum Gasteiger partial charge on any atom is 0.227 e. The van der Waals surface area contributed by atoms with Crippen LogP contribution in [0.3, 0.4) is 0 Å². The molecule has 0 radical (unpaired) electrons. The second-order valence-corrected chi connectivity index (χ2v) is 9.56. The van der Waals surface area contributed by atoms with Gasteiger partial charge in [-0.1, -0.05) is 12.1 Å². The molecule has 1 aliphatic carbocycles. The van der Waals surface area contributed by atoms with E-state index in [9.17, 15) is 14.3 Å². The smallest absolute Gasteiger partial charge is 0.227 e. The van der Waals surface area contributed by atoms with Gasteiger partial charge in [0.2, 0.25) is 5.91 Å². The van der Waals surface area contributed by atoms with Gasteiger partial charge in [0.1, 0.15) is 17.3 Å². The quantitative estimate of drug-likeness (QED) is 0.229. The fourth-order valence-electron chi connectivity index (χ4n) is 4.78. The van der Waals surface area contributed by atoms with Gasteiger partial charge in [0.25, 0.3) is 0 Å². The molecule has 7 rings (SSSR count). The van der Waals surface area contributed by atoms with Crippen LogP contribution in [0.2, 0.25) is 0 Å². The van der Waals surface area contributed by atoms with Crippen molar-refractivity contribution in [3.63, 3.8) is 0 Å². The van der Waals surface area contributed by atoms with Crippen molar-refractivity contribution in [3.05, 3.63) is 79.0 Å². The fraction of sp³-hybridized carbons (Fsp3) is 0.103. The summed E-state index contributed by atoms with van der Waals surface area (Å²) < 4.78 is 14.0. The predicted octanol–water partition coefficient (Wildman–Crippen LogP) is 6.03. The zero-order valence-electron chi connectivity index (χ0n) is 20.0. The number of aromatic amines is 2. The van der Waals surface area contributed by atoms with Crippen LogP contribution in [0.15, 0.2) is 73.2 Å². The summed E-state index contributed by atoms with van der Waals surface area (Å²) in [6.07, 6.45) is 6.93. The monoisotopic (exact) mass is 504 g/mol. The van der Waals surface area contributed by atoms with Gasteiger partial charge in [-0.15, -0.1) is 0 Å². The summed E-state index contributed by atoms with van der Waals surface area (Å²) in [5, 5.41) is 22.2. The molecular weight excluding hydrogens is 483 g/mol. The first-order chi connectivity index (χ1) is 18.5. The number of hydrogen-bond acceptors (Lipinski definition) is 5. The van der Waals surface area contributed by atoms with E-state index in [-0.39, 0.29) is 17.6 Å². The van der Waals surface area contributed by atoms with Gasteiger partial charge in [-0.05, 0) is 60.4 Å². The van der Waals surface area contributed by atoms with Crippen LogP contribution >= 0.6 is 0 Å². The normalized spacial score (nSPS) is 13.3. The number of carbonyl (C=O) groups excluding carboxylic acids is 1. The number of pyridine rings is 2. The maximum absolute atomic E-state index is 14.0. The Bertz CT molecular complexity index is 1850. The highest BCUT2D eigenvalue weighted by Crippen LogP contribution is 2.36. The summed E-state index contributed by atoms with van der Waals surface area (Å²) in [6.45, 7) is 0. The van der Waals surface area contributed by atoms with E-state index < -0.39 is 5.82 Å². The van der Waals surface area contributed by atoms with Gasteiger partial charge < -0.3 is 15.4 Å². The van der Waals surface area contributed by atoms with Crippen LogP contribution in [0.4, 0.5) is 10.1 Å². The molecule has 8 nitrogen and oxygen atoms in total. The second-order valence-electron chi connectivity index (χ2n) is 9.56. The first-order valence-corrected chi connectivity index (χ1v) is 12.2. The van der Waals surface area contributed by atoms with E-state index in [0.29, 0.717) is 22.6 Å². The minimum atomic E-state index is -0.503. The lowest BCUT2D eigenvalue weighted by Crippen LogP contribution is -2.13. The number of aromatic hydroxyl groups is 1. The molecule has 4 aromatic heterocycles. The Labute approximate surface area is 215 Å². The van der Waals surface area contributed by atoms with Crippen molar-refractivity contribution >= 4 is 33.4 Å². The highest BCUT2D eigenvalue weighted by atomic mass is 19.1. The standard InChI is InChI=1S/C29H21FN6O2/c30-18-6-16(8-20(37)9-18)21-2-1-3-24-22(21)10-26(34-24)28-23-11-25(32-14-27(23)35-36-28)17-7-19(13-31-12-17)33-29(38)15-4-5-15/h1-3,6-15,34,37H,4-5H2,(H,33,38)(H,35,36). The number of anilines is 1. The van der Waals surface area contributed by atoms with Crippen LogP contribution < -0.4 is 5.32 Å². The number of carbonyl (C=O) groups is 1. The average Bonchev–Trinajstić information content (AvgIpc) is 3.54. The Morgan fingerprint density at radius 2 is 1.87 bits per heavy atom. The molecule has 4 N–H and O–H groups in total. The molecule has 0 aliphatic heterocycles. The predicted molar refractivity (Wildman–Crippen MR) is 143 cm³/mol. The molecule has 38 heavy (non-hydrogen) atoms. The largest absolute Gasteiger partial charge is 0.508 e. The zero-order chi connectivity index (χ0) is 25.8. The number of benzene rings is 2. The number of nitrogens with one attached hydrogen (secondary N) is 3. The van der Waals surface area contributed by atoms with Crippen LogP contribution in [0.1, 0.15) is 12.8 Å². The van der Waals surface area contributed by atoms with Gasteiger partial charge in [0.05, 0.1) is 35.0 Å². The first kappa shape index (κ1) is 22.2. The van der Waals surface area contributed by atoms with E-state index in [4.69, 9.17) is 0 Å². The second kappa shape index (κ2) is 8.52. The van der Waals surface area contributed by atoms with Crippen molar-refractivity contribution in [2.75, 3.05) is 5.32 Å². The highest BCUT2D eigenvalue weighted by Gasteiger charge is 2.29. The van der Waals surface area contributed by atoms with E-state index in [0.717, 1.165) is 57.5 Å². The lowest BCUT2D eigenvalue weighted by Gasteiger charge is -2.06. The summed E-state index contributed by atoms with van der Waals surface area (Å²) in [5.41, 5.74) is 6.59. The first-order valence-electron chi connectivity index (χ1n) is 12.2. The Balaban J connectivity index is 1.29. The molecule has 186 valence electrons. The minimum absolute atomic E-state index is 0.0242. The molecule has 0 saturated heterocycles. The Kier molecular flexibility index (Phi) is 4.97. The van der Waals surface area contributed by atoms with Gasteiger partial charge in [-0.2, -0.15) is 5.10 Å². The van der Waals surface area contributed by atoms with Crippen LogP contribution in [-0.4, -0.2) is 36.2 Å².